The van der Waals surface area contributed by atoms with Crippen molar-refractivity contribution in [3.8, 4) is 0 Å². The van der Waals surface area contributed by atoms with Crippen LogP contribution in [0.15, 0.2) is 10.5 Å². The van der Waals surface area contributed by atoms with E-state index in [1.54, 1.807) is 0 Å². The van der Waals surface area contributed by atoms with Crippen LogP contribution in [0.1, 0.15) is 60.4 Å². The van der Waals surface area contributed by atoms with Gasteiger partial charge >= 0.3 is 5.97 Å². The Hall–Kier alpha value is -1.29. The Morgan fingerprint density at radius 2 is 1.95 bits per heavy atom. The highest BCUT2D eigenvalue weighted by atomic mass is 16.5. The van der Waals surface area contributed by atoms with Gasteiger partial charge in [0.15, 0.2) is 0 Å². The fourth-order valence-electron chi connectivity index (χ4n) is 3.30. The highest BCUT2D eigenvalue weighted by Gasteiger charge is 2.35. The minimum absolute atomic E-state index is 0.352. The van der Waals surface area contributed by atoms with Gasteiger partial charge in [0.1, 0.15) is 5.76 Å². The maximum absolute atomic E-state index is 11.6. The first-order valence-electron chi connectivity index (χ1n) is 7.62. The molecule has 2 aliphatic carbocycles. The van der Waals surface area contributed by atoms with Crippen molar-refractivity contribution in [2.45, 2.75) is 64.1 Å². The Bertz CT molecular complexity index is 484. The van der Waals surface area contributed by atoms with Gasteiger partial charge in [0, 0.05) is 17.6 Å². The van der Waals surface area contributed by atoms with Gasteiger partial charge in [-0.3, -0.25) is 4.90 Å². The first kappa shape index (κ1) is 13.7. The molecule has 0 spiro atoms. The molecule has 1 aromatic rings. The molecule has 0 N–H and O–H groups in total. The first-order chi connectivity index (χ1) is 9.69. The smallest absolute Gasteiger partial charge is 0.374 e. The van der Waals surface area contributed by atoms with Gasteiger partial charge < -0.3 is 9.15 Å². The van der Waals surface area contributed by atoms with Crippen molar-refractivity contribution < 1.29 is 13.9 Å². The van der Waals surface area contributed by atoms with E-state index in [-0.39, 0.29) is 5.97 Å². The number of esters is 1. The van der Waals surface area contributed by atoms with Crippen molar-refractivity contribution in [1.82, 2.24) is 4.90 Å². The van der Waals surface area contributed by atoms with Crippen LogP contribution in [0.2, 0.25) is 0 Å². The second kappa shape index (κ2) is 5.60. The van der Waals surface area contributed by atoms with Gasteiger partial charge in [-0.2, -0.15) is 0 Å². The fraction of sp³-hybridized carbons (Fsp3) is 0.688. The van der Waals surface area contributed by atoms with Crippen molar-refractivity contribution in [3.05, 3.63) is 23.2 Å². The Balaban J connectivity index is 1.73. The lowest BCUT2D eigenvalue weighted by Crippen LogP contribution is -2.34. The number of hydrogen-bond donors (Lipinski definition) is 0. The van der Waals surface area contributed by atoms with Crippen LogP contribution in [-0.2, 0) is 11.3 Å². The zero-order valence-corrected chi connectivity index (χ0v) is 12.4. The average Bonchev–Trinajstić information content (AvgIpc) is 3.00. The molecule has 20 heavy (non-hydrogen) atoms. The van der Waals surface area contributed by atoms with E-state index in [1.165, 1.54) is 45.6 Å². The van der Waals surface area contributed by atoms with Gasteiger partial charge in [-0.15, -0.1) is 0 Å². The third-order valence-electron chi connectivity index (χ3n) is 4.49. The molecule has 0 aliphatic heterocycles. The van der Waals surface area contributed by atoms with Crippen LogP contribution in [0.5, 0.6) is 0 Å². The molecule has 1 aromatic heterocycles. The van der Waals surface area contributed by atoms with E-state index >= 15 is 0 Å². The van der Waals surface area contributed by atoms with Crippen molar-refractivity contribution >= 4 is 5.97 Å². The van der Waals surface area contributed by atoms with Crippen LogP contribution < -0.4 is 0 Å². The molecule has 0 bridgehead atoms. The maximum atomic E-state index is 11.6. The summed E-state index contributed by atoms with van der Waals surface area (Å²) in [6.45, 7) is 2.73. The molecule has 110 valence electrons. The summed E-state index contributed by atoms with van der Waals surface area (Å²) in [7, 11) is 1.39. The second-order valence-corrected chi connectivity index (χ2v) is 6.06. The summed E-state index contributed by atoms with van der Waals surface area (Å²) >= 11 is 0. The lowest BCUT2D eigenvalue weighted by molar-refractivity contribution is 0.0558. The number of carbonyl (C=O) groups is 1. The predicted molar refractivity (Wildman–Crippen MR) is 75.6 cm³/mol. The van der Waals surface area contributed by atoms with E-state index in [4.69, 9.17) is 9.15 Å². The number of rotatable bonds is 5. The van der Waals surface area contributed by atoms with Crippen LogP contribution >= 0.6 is 0 Å². The van der Waals surface area contributed by atoms with Gasteiger partial charge in [0.25, 0.3) is 0 Å². The third-order valence-corrected chi connectivity index (χ3v) is 4.49. The molecule has 4 nitrogen and oxygen atoms in total. The van der Waals surface area contributed by atoms with E-state index in [9.17, 15) is 4.79 Å². The number of aryl methyl sites for hydroxylation is 1. The van der Waals surface area contributed by atoms with Crippen LogP contribution in [0.3, 0.4) is 0 Å². The molecule has 0 amide bonds. The zero-order chi connectivity index (χ0) is 14.1. The normalized spacial score (nSPS) is 19.8. The van der Waals surface area contributed by atoms with Crippen molar-refractivity contribution in [2.75, 3.05) is 7.11 Å². The second-order valence-electron chi connectivity index (χ2n) is 6.06. The van der Waals surface area contributed by atoms with E-state index in [1.807, 2.05) is 13.0 Å². The molecular formula is C16H23NO3. The Kier molecular flexibility index (Phi) is 3.83. The summed E-state index contributed by atoms with van der Waals surface area (Å²) < 4.78 is 10.5. The van der Waals surface area contributed by atoms with E-state index in [0.717, 1.165) is 23.9 Å². The molecule has 0 aromatic carbocycles. The molecule has 3 rings (SSSR count). The summed E-state index contributed by atoms with van der Waals surface area (Å²) in [5.74, 6) is 0.860. The number of methoxy groups -OCH3 is 1. The number of carbonyl (C=O) groups excluding carboxylic acids is 1. The Morgan fingerprint density at radius 1 is 1.30 bits per heavy atom. The summed E-state index contributed by atoms with van der Waals surface area (Å²) in [5.41, 5.74) is 0.869. The molecule has 1 heterocycles. The van der Waals surface area contributed by atoms with E-state index in [2.05, 4.69) is 4.90 Å². The van der Waals surface area contributed by atoms with Gasteiger partial charge in [0.05, 0.1) is 13.7 Å². The number of nitrogens with zero attached hydrogens (tertiary/aromatic N) is 1. The summed E-state index contributed by atoms with van der Waals surface area (Å²) in [6.07, 6.45) is 7.91. The van der Waals surface area contributed by atoms with Gasteiger partial charge in [-0.05, 0) is 38.7 Å². The van der Waals surface area contributed by atoms with Crippen LogP contribution in [0.25, 0.3) is 0 Å². The van der Waals surface area contributed by atoms with E-state index in [0.29, 0.717) is 11.8 Å². The summed E-state index contributed by atoms with van der Waals surface area (Å²) in [5, 5.41) is 0. The number of furan rings is 1. The number of ether oxygens (including phenoxy) is 1. The minimum Gasteiger partial charge on any atom is -0.463 e. The molecule has 2 aliphatic rings. The van der Waals surface area contributed by atoms with Crippen LogP contribution in [0, 0.1) is 6.92 Å². The number of hydrogen-bond acceptors (Lipinski definition) is 4. The van der Waals surface area contributed by atoms with Crippen molar-refractivity contribution in [3.63, 3.8) is 0 Å². The van der Waals surface area contributed by atoms with Gasteiger partial charge in [0.2, 0.25) is 5.76 Å². The summed E-state index contributed by atoms with van der Waals surface area (Å²) in [6, 6.07) is 3.41. The van der Waals surface area contributed by atoms with Crippen LogP contribution in [-0.4, -0.2) is 30.1 Å². The summed E-state index contributed by atoms with van der Waals surface area (Å²) in [4.78, 5) is 14.2. The molecule has 4 heteroatoms. The first-order valence-corrected chi connectivity index (χ1v) is 7.62. The highest BCUT2D eigenvalue weighted by molar-refractivity contribution is 5.87. The molecule has 0 unspecified atom stereocenters. The topological polar surface area (TPSA) is 42.7 Å². The Labute approximate surface area is 120 Å². The minimum atomic E-state index is -0.382. The third kappa shape index (κ3) is 2.75. The standard InChI is InChI=1S/C16H23NO3/c1-11-9-14(20-15(11)16(18)19-2)10-17(13-7-8-13)12-5-3-4-6-12/h9,12-13H,3-8,10H2,1-2H3. The zero-order valence-electron chi connectivity index (χ0n) is 12.4. The van der Waals surface area contributed by atoms with Gasteiger partial charge in [-0.25, -0.2) is 4.79 Å². The molecule has 2 saturated carbocycles. The van der Waals surface area contributed by atoms with Crippen molar-refractivity contribution in [2.24, 2.45) is 0 Å². The largest absolute Gasteiger partial charge is 0.463 e. The van der Waals surface area contributed by atoms with E-state index < -0.39 is 0 Å². The van der Waals surface area contributed by atoms with Gasteiger partial charge in [-0.1, -0.05) is 12.8 Å². The predicted octanol–water partition coefficient (Wildman–Crippen LogP) is 3.28. The highest BCUT2D eigenvalue weighted by Crippen LogP contribution is 2.36. The fourth-order valence-corrected chi connectivity index (χ4v) is 3.30. The monoisotopic (exact) mass is 277 g/mol. The van der Waals surface area contributed by atoms with Crippen LogP contribution in [0.4, 0.5) is 0 Å². The average molecular weight is 277 g/mol. The lowest BCUT2D eigenvalue weighted by Gasteiger charge is -2.27. The molecular weight excluding hydrogens is 254 g/mol. The van der Waals surface area contributed by atoms with Crippen molar-refractivity contribution in [1.29, 1.82) is 0 Å². The maximum Gasteiger partial charge on any atom is 0.374 e. The quantitative estimate of drug-likeness (QED) is 0.775. The SMILES string of the molecule is COC(=O)c1oc(CN(C2CCCC2)C2CC2)cc1C. The molecule has 0 saturated heterocycles. The lowest BCUT2D eigenvalue weighted by atomic mass is 10.2. The molecule has 0 radical (unpaired) electrons. The molecule has 2 fully saturated rings. The molecule has 0 atom stereocenters. The Morgan fingerprint density at radius 3 is 2.55 bits per heavy atom.